The molecule has 0 aliphatic rings. The lowest BCUT2D eigenvalue weighted by Gasteiger charge is -2.07. The Morgan fingerprint density at radius 2 is 2.00 bits per heavy atom. The van der Waals surface area contributed by atoms with E-state index in [1.54, 1.807) is 11.8 Å². The molecule has 21 heavy (non-hydrogen) atoms. The molecule has 1 aromatic carbocycles. The fourth-order valence-electron chi connectivity index (χ4n) is 1.83. The number of esters is 1. The fourth-order valence-corrected chi connectivity index (χ4v) is 4.60. The van der Waals surface area contributed by atoms with Gasteiger partial charge in [-0.1, -0.05) is 41.4 Å². The van der Waals surface area contributed by atoms with E-state index in [2.05, 4.69) is 6.92 Å². The molecule has 2 atom stereocenters. The molecule has 116 valence electrons. The standard InChI is InChI=1S/C16H24O3PS/c1-3-19-16(17)10-9-14(2)11-12-20(18)13-21-15-7-5-4-6-8-15/h4-8,14H,3,9-13H2,1-2H3/q+1. The van der Waals surface area contributed by atoms with Crippen LogP contribution in [0.15, 0.2) is 35.2 Å². The van der Waals surface area contributed by atoms with Crippen molar-refractivity contribution >= 4 is 25.5 Å². The smallest absolute Gasteiger partial charge is 0.349 e. The van der Waals surface area contributed by atoms with Crippen LogP contribution < -0.4 is 0 Å². The molecule has 0 heterocycles. The first-order valence-corrected chi connectivity index (χ1v) is 9.99. The van der Waals surface area contributed by atoms with Crippen LogP contribution in [0.2, 0.25) is 0 Å². The molecule has 0 fully saturated rings. The van der Waals surface area contributed by atoms with Gasteiger partial charge in [-0.05, 0) is 37.8 Å². The Kier molecular flexibility index (Phi) is 9.36. The van der Waals surface area contributed by atoms with Gasteiger partial charge in [0, 0.05) is 11.3 Å². The molecular weight excluding hydrogens is 303 g/mol. The molecule has 0 aliphatic heterocycles. The highest BCUT2D eigenvalue weighted by molar-refractivity contribution is 8.03. The van der Waals surface area contributed by atoms with Crippen LogP contribution in [0.4, 0.5) is 0 Å². The molecule has 1 aromatic rings. The number of ether oxygens (including phenoxy) is 1. The Morgan fingerprint density at radius 3 is 2.67 bits per heavy atom. The molecule has 0 amide bonds. The molecule has 0 spiro atoms. The van der Waals surface area contributed by atoms with Crippen LogP contribution in [-0.2, 0) is 14.1 Å². The summed E-state index contributed by atoms with van der Waals surface area (Å²) in [5.41, 5.74) is 0.671. The van der Waals surface area contributed by atoms with Gasteiger partial charge in [-0.2, -0.15) is 0 Å². The van der Waals surface area contributed by atoms with E-state index in [0.29, 0.717) is 24.4 Å². The SMILES string of the molecule is CCOC(=O)CCC(C)CC[P+](=O)CSc1ccccc1. The van der Waals surface area contributed by atoms with Crippen LogP contribution in [0.1, 0.15) is 33.1 Å². The summed E-state index contributed by atoms with van der Waals surface area (Å²) in [5.74, 6) is 0.281. The van der Waals surface area contributed by atoms with Crippen molar-refractivity contribution in [3.63, 3.8) is 0 Å². The normalized spacial score (nSPS) is 12.8. The lowest BCUT2D eigenvalue weighted by molar-refractivity contribution is -0.143. The molecule has 1 rings (SSSR count). The first-order valence-electron chi connectivity index (χ1n) is 7.37. The monoisotopic (exact) mass is 327 g/mol. The number of hydrogen-bond donors (Lipinski definition) is 0. The van der Waals surface area contributed by atoms with E-state index in [1.165, 1.54) is 0 Å². The molecule has 0 aliphatic carbocycles. The van der Waals surface area contributed by atoms with Gasteiger partial charge in [0.2, 0.25) is 0 Å². The molecule has 0 saturated carbocycles. The van der Waals surface area contributed by atoms with Crippen LogP contribution in [0.5, 0.6) is 0 Å². The van der Waals surface area contributed by atoms with Crippen molar-refractivity contribution in [1.29, 1.82) is 0 Å². The molecule has 5 heteroatoms. The highest BCUT2D eigenvalue weighted by Gasteiger charge is 2.18. The zero-order chi connectivity index (χ0) is 15.5. The Balaban J connectivity index is 2.13. The summed E-state index contributed by atoms with van der Waals surface area (Å²) in [7, 11) is -1.17. The van der Waals surface area contributed by atoms with Crippen molar-refractivity contribution in [1.82, 2.24) is 0 Å². The summed E-state index contributed by atoms with van der Waals surface area (Å²) in [5, 5.41) is 0. The van der Waals surface area contributed by atoms with E-state index in [4.69, 9.17) is 4.74 Å². The number of carbonyl (C=O) groups excluding carboxylic acids is 1. The van der Waals surface area contributed by atoms with Crippen molar-refractivity contribution in [2.75, 3.05) is 18.3 Å². The highest BCUT2D eigenvalue weighted by atomic mass is 32.2. The average molecular weight is 327 g/mol. The molecule has 0 aromatic heterocycles. The Hall–Kier alpha value is -0.860. The maximum atomic E-state index is 12.0. The number of benzene rings is 1. The number of rotatable bonds is 10. The van der Waals surface area contributed by atoms with Crippen LogP contribution >= 0.6 is 19.6 Å². The summed E-state index contributed by atoms with van der Waals surface area (Å²) in [6, 6.07) is 10.0. The third-order valence-corrected chi connectivity index (χ3v) is 6.17. The van der Waals surface area contributed by atoms with Crippen LogP contribution in [0.25, 0.3) is 0 Å². The van der Waals surface area contributed by atoms with E-state index in [1.807, 2.05) is 37.3 Å². The van der Waals surface area contributed by atoms with Crippen molar-refractivity contribution in [3.05, 3.63) is 30.3 Å². The fraction of sp³-hybridized carbons (Fsp3) is 0.562. The van der Waals surface area contributed by atoms with Crippen LogP contribution in [0.3, 0.4) is 0 Å². The van der Waals surface area contributed by atoms with E-state index < -0.39 is 7.80 Å². The topological polar surface area (TPSA) is 43.4 Å². The van der Waals surface area contributed by atoms with Gasteiger partial charge in [0.1, 0.15) is 6.16 Å². The number of thioether (sulfide) groups is 1. The van der Waals surface area contributed by atoms with Crippen molar-refractivity contribution < 1.29 is 14.1 Å². The van der Waals surface area contributed by atoms with Gasteiger partial charge in [-0.3, -0.25) is 4.79 Å². The van der Waals surface area contributed by atoms with E-state index >= 15 is 0 Å². The largest absolute Gasteiger partial charge is 0.466 e. The summed E-state index contributed by atoms with van der Waals surface area (Å²) in [6.45, 7) is 4.36. The molecule has 0 saturated heterocycles. The first-order chi connectivity index (χ1) is 10.1. The van der Waals surface area contributed by atoms with Crippen molar-refractivity contribution in [2.45, 2.75) is 38.0 Å². The zero-order valence-corrected chi connectivity index (χ0v) is 14.5. The highest BCUT2D eigenvalue weighted by Crippen LogP contribution is 2.33. The molecule has 2 unspecified atom stereocenters. The maximum absolute atomic E-state index is 12.0. The Bertz CT molecular complexity index is 436. The average Bonchev–Trinajstić information content (AvgIpc) is 2.50. The second-order valence-corrected chi connectivity index (χ2v) is 8.23. The number of hydrogen-bond acceptors (Lipinski definition) is 4. The van der Waals surface area contributed by atoms with Crippen molar-refractivity contribution in [3.8, 4) is 0 Å². The predicted molar refractivity (Wildman–Crippen MR) is 89.3 cm³/mol. The maximum Gasteiger partial charge on any atom is 0.349 e. The van der Waals surface area contributed by atoms with Crippen molar-refractivity contribution in [2.24, 2.45) is 5.92 Å². The summed E-state index contributed by atoms with van der Waals surface area (Å²) in [6.07, 6.45) is 2.92. The predicted octanol–water partition coefficient (Wildman–Crippen LogP) is 4.93. The second-order valence-electron chi connectivity index (χ2n) is 5.03. The van der Waals surface area contributed by atoms with Crippen LogP contribution in [0, 0.1) is 5.92 Å². The molecule has 0 N–H and O–H groups in total. The van der Waals surface area contributed by atoms with Gasteiger partial charge in [-0.25, -0.2) is 0 Å². The van der Waals surface area contributed by atoms with Gasteiger partial charge in [0.05, 0.1) is 6.61 Å². The number of carbonyl (C=O) groups is 1. The van der Waals surface area contributed by atoms with Crippen LogP contribution in [-0.4, -0.2) is 24.2 Å². The lowest BCUT2D eigenvalue weighted by atomic mass is 10.0. The molecule has 3 nitrogen and oxygen atoms in total. The van der Waals surface area contributed by atoms with Gasteiger partial charge in [0.25, 0.3) is 0 Å². The summed E-state index contributed by atoms with van der Waals surface area (Å²) >= 11 is 1.65. The molecule has 0 radical (unpaired) electrons. The van der Waals surface area contributed by atoms with Gasteiger partial charge in [0.15, 0.2) is 5.49 Å². The third-order valence-electron chi connectivity index (χ3n) is 3.14. The minimum atomic E-state index is -1.17. The summed E-state index contributed by atoms with van der Waals surface area (Å²) in [4.78, 5) is 12.4. The minimum Gasteiger partial charge on any atom is -0.466 e. The van der Waals surface area contributed by atoms with Gasteiger partial charge >= 0.3 is 13.8 Å². The quantitative estimate of drug-likeness (QED) is 0.347. The second kappa shape index (κ2) is 10.8. The first kappa shape index (κ1) is 18.2. The molecular formula is C16H24O3PS+. The van der Waals surface area contributed by atoms with E-state index in [9.17, 15) is 9.36 Å². The third kappa shape index (κ3) is 8.90. The minimum absolute atomic E-state index is 0.131. The Morgan fingerprint density at radius 1 is 1.29 bits per heavy atom. The molecule has 0 bridgehead atoms. The Labute approximate surface area is 132 Å². The van der Waals surface area contributed by atoms with Gasteiger partial charge < -0.3 is 4.74 Å². The van der Waals surface area contributed by atoms with E-state index in [0.717, 1.165) is 23.9 Å². The summed E-state index contributed by atoms with van der Waals surface area (Å²) < 4.78 is 16.9. The lowest BCUT2D eigenvalue weighted by Crippen LogP contribution is -2.07. The van der Waals surface area contributed by atoms with E-state index in [-0.39, 0.29) is 5.97 Å². The van der Waals surface area contributed by atoms with Gasteiger partial charge in [-0.15, -0.1) is 0 Å². The zero-order valence-electron chi connectivity index (χ0n) is 12.8.